The van der Waals surface area contributed by atoms with Gasteiger partial charge in [-0.2, -0.15) is 4.99 Å². The largest absolute Gasteiger partial charge is 0.285 e. The van der Waals surface area contributed by atoms with Gasteiger partial charge in [-0.25, -0.2) is 4.79 Å². The summed E-state index contributed by atoms with van der Waals surface area (Å²) in [6, 6.07) is 0. The molecule has 0 heterocycles. The number of rotatable bonds is 2. The second-order valence-corrected chi connectivity index (χ2v) is 1.13. The summed E-state index contributed by atoms with van der Waals surface area (Å²) in [6.07, 6.45) is 3.89. The van der Waals surface area contributed by atoms with Gasteiger partial charge in [-0.05, 0) is 6.92 Å². The molecule has 0 rings (SSSR count). The van der Waals surface area contributed by atoms with Crippen molar-refractivity contribution in [2.24, 2.45) is 4.99 Å². The molecule has 0 saturated carbocycles. The van der Waals surface area contributed by atoms with E-state index in [2.05, 4.69) is 4.99 Å². The summed E-state index contributed by atoms with van der Waals surface area (Å²) in [5.41, 5.74) is 0.286. The molecule has 3 heteroatoms. The third-order valence-corrected chi connectivity index (χ3v) is 0.472. The summed E-state index contributed by atoms with van der Waals surface area (Å²) in [5, 5.41) is 0. The van der Waals surface area contributed by atoms with Gasteiger partial charge in [-0.3, -0.25) is 4.79 Å². The molecule has 8 heavy (non-hydrogen) atoms. The molecule has 0 spiro atoms. The van der Waals surface area contributed by atoms with Gasteiger partial charge in [0.1, 0.15) is 0 Å². The second-order valence-electron chi connectivity index (χ2n) is 1.13. The van der Waals surface area contributed by atoms with Crippen molar-refractivity contribution in [2.75, 3.05) is 0 Å². The molecular weight excluding hydrogens is 106 g/mol. The van der Waals surface area contributed by atoms with Crippen molar-refractivity contribution in [2.45, 2.75) is 6.92 Å². The summed E-state index contributed by atoms with van der Waals surface area (Å²) in [7, 11) is 0. The van der Waals surface area contributed by atoms with Crippen molar-refractivity contribution in [1.82, 2.24) is 0 Å². The van der Waals surface area contributed by atoms with Gasteiger partial charge in [-0.15, -0.1) is 0 Å². The minimum absolute atomic E-state index is 0.286. The Hall–Kier alpha value is -1.21. The Bertz CT molecular complexity index is 154. The maximum Gasteiger partial charge on any atom is 0.239 e. The van der Waals surface area contributed by atoms with Gasteiger partial charge in [0.05, 0.1) is 0 Å². The maximum atomic E-state index is 9.63. The molecule has 0 aromatic carbocycles. The van der Waals surface area contributed by atoms with Crippen molar-refractivity contribution in [3.8, 4) is 0 Å². The highest BCUT2D eigenvalue weighted by Crippen LogP contribution is 1.83. The maximum absolute atomic E-state index is 9.63. The van der Waals surface area contributed by atoms with E-state index in [9.17, 15) is 9.59 Å². The molecular formula is C5H4NO2. The fraction of sp³-hybridized carbons (Fsp3) is 0.200. The number of hydrogen-bond donors (Lipinski definition) is 0. The summed E-state index contributed by atoms with van der Waals surface area (Å²) >= 11 is 0. The molecule has 0 saturated heterocycles. The van der Waals surface area contributed by atoms with E-state index in [-0.39, 0.29) is 5.57 Å². The standard InChI is InChI=1S/C5H4NO2/c1-5(3-7)2-6-4-8/h2H,1H3. The number of carbonyl (C=O) groups excluding carboxylic acids is 2. The molecule has 0 atom stereocenters. The van der Waals surface area contributed by atoms with Crippen LogP contribution in [0.3, 0.4) is 0 Å². The molecule has 0 aromatic rings. The minimum Gasteiger partial charge on any atom is -0.285 e. The molecule has 0 N–H and O–H groups in total. The smallest absolute Gasteiger partial charge is 0.239 e. The molecule has 0 fully saturated rings. The van der Waals surface area contributed by atoms with Gasteiger partial charge in [0.25, 0.3) is 0 Å². The lowest BCUT2D eigenvalue weighted by atomic mass is 10.4. The van der Waals surface area contributed by atoms with E-state index >= 15 is 0 Å². The molecule has 3 nitrogen and oxygen atoms in total. The van der Waals surface area contributed by atoms with Crippen LogP contribution in [-0.2, 0) is 9.59 Å². The van der Waals surface area contributed by atoms with Crippen LogP contribution < -0.4 is 0 Å². The number of isocyanates is 1. The van der Waals surface area contributed by atoms with E-state index in [1.54, 1.807) is 0 Å². The Morgan fingerprint density at radius 1 is 1.62 bits per heavy atom. The van der Waals surface area contributed by atoms with E-state index in [4.69, 9.17) is 0 Å². The van der Waals surface area contributed by atoms with Crippen molar-refractivity contribution in [3.63, 3.8) is 0 Å². The average Bonchev–Trinajstić information content (AvgIpc) is 1.83. The first-order valence-electron chi connectivity index (χ1n) is 1.93. The van der Waals surface area contributed by atoms with Crippen LogP contribution in [0.2, 0.25) is 0 Å². The quantitative estimate of drug-likeness (QED) is 0.292. The van der Waals surface area contributed by atoms with Crippen LogP contribution in [0.1, 0.15) is 6.92 Å². The highest BCUT2D eigenvalue weighted by Gasteiger charge is 1.79. The van der Waals surface area contributed by atoms with Crippen molar-refractivity contribution < 1.29 is 9.59 Å². The zero-order valence-corrected chi connectivity index (χ0v) is 4.34. The average molecular weight is 110 g/mol. The molecule has 0 aliphatic carbocycles. The topological polar surface area (TPSA) is 46.5 Å². The molecule has 0 bridgehead atoms. The lowest BCUT2D eigenvalue weighted by Gasteiger charge is -1.72. The molecule has 1 radical (unpaired) electrons. The lowest BCUT2D eigenvalue weighted by Crippen LogP contribution is -1.71. The molecule has 41 valence electrons. The first-order valence-corrected chi connectivity index (χ1v) is 1.93. The second kappa shape index (κ2) is 3.96. The monoisotopic (exact) mass is 110 g/mol. The summed E-state index contributed by atoms with van der Waals surface area (Å²) in [4.78, 5) is 22.0. The predicted molar refractivity (Wildman–Crippen MR) is 27.6 cm³/mol. The Labute approximate surface area is 46.7 Å². The highest BCUT2D eigenvalue weighted by molar-refractivity contribution is 5.72. The Balaban J connectivity index is 3.93. The third kappa shape index (κ3) is 3.00. The van der Waals surface area contributed by atoms with E-state index in [0.717, 1.165) is 6.20 Å². The van der Waals surface area contributed by atoms with Crippen LogP contribution in [0, 0.1) is 0 Å². The number of allylic oxidation sites excluding steroid dienone is 1. The number of aliphatic imine (C=N–C) groups is 1. The zero-order valence-electron chi connectivity index (χ0n) is 4.34. The van der Waals surface area contributed by atoms with Crippen LogP contribution in [0.5, 0.6) is 0 Å². The molecule has 0 aliphatic rings. The van der Waals surface area contributed by atoms with E-state index in [1.807, 2.05) is 0 Å². The Morgan fingerprint density at radius 2 is 2.25 bits per heavy atom. The SMILES string of the molecule is CC([C]=O)=CN=C=O. The Morgan fingerprint density at radius 3 is 2.62 bits per heavy atom. The van der Waals surface area contributed by atoms with Gasteiger partial charge in [-0.1, -0.05) is 0 Å². The van der Waals surface area contributed by atoms with Gasteiger partial charge in [0.15, 0.2) is 0 Å². The van der Waals surface area contributed by atoms with Gasteiger partial charge < -0.3 is 0 Å². The molecule has 0 aromatic heterocycles. The zero-order chi connectivity index (χ0) is 6.41. The molecule has 0 aliphatic heterocycles. The van der Waals surface area contributed by atoms with Crippen LogP contribution >= 0.6 is 0 Å². The van der Waals surface area contributed by atoms with E-state index in [0.29, 0.717) is 0 Å². The normalized spacial score (nSPS) is 9.88. The molecule has 0 amide bonds. The van der Waals surface area contributed by atoms with Gasteiger partial charge >= 0.3 is 0 Å². The van der Waals surface area contributed by atoms with Crippen LogP contribution in [-0.4, -0.2) is 12.4 Å². The Kier molecular flexibility index (Phi) is 3.36. The highest BCUT2D eigenvalue weighted by atomic mass is 16.1. The fourth-order valence-corrected chi connectivity index (χ4v) is 0.150. The van der Waals surface area contributed by atoms with Crippen LogP contribution in [0.15, 0.2) is 16.8 Å². The van der Waals surface area contributed by atoms with Crippen LogP contribution in [0.25, 0.3) is 0 Å². The van der Waals surface area contributed by atoms with E-state index in [1.165, 1.54) is 19.3 Å². The fourth-order valence-electron chi connectivity index (χ4n) is 0.150. The van der Waals surface area contributed by atoms with Crippen molar-refractivity contribution >= 4 is 12.4 Å². The van der Waals surface area contributed by atoms with Gasteiger partial charge in [0, 0.05) is 11.8 Å². The van der Waals surface area contributed by atoms with Crippen LogP contribution in [0.4, 0.5) is 0 Å². The molecule has 0 unspecified atom stereocenters. The number of hydrogen-bond acceptors (Lipinski definition) is 3. The summed E-state index contributed by atoms with van der Waals surface area (Å²) in [6.45, 7) is 1.49. The predicted octanol–water partition coefficient (Wildman–Crippen LogP) is 0.336. The third-order valence-electron chi connectivity index (χ3n) is 0.472. The minimum atomic E-state index is 0.286. The van der Waals surface area contributed by atoms with Crippen molar-refractivity contribution in [1.29, 1.82) is 0 Å². The summed E-state index contributed by atoms with van der Waals surface area (Å²) < 4.78 is 0. The van der Waals surface area contributed by atoms with Crippen molar-refractivity contribution in [3.05, 3.63) is 11.8 Å². The lowest BCUT2D eigenvalue weighted by molar-refractivity contribution is 0.561. The first-order chi connectivity index (χ1) is 3.81. The first kappa shape index (κ1) is 6.79. The number of nitrogens with zero attached hydrogens (tertiary/aromatic N) is 1. The van der Waals surface area contributed by atoms with Gasteiger partial charge in [0.2, 0.25) is 12.4 Å². The van der Waals surface area contributed by atoms with E-state index < -0.39 is 0 Å². The summed E-state index contributed by atoms with van der Waals surface area (Å²) in [5.74, 6) is 0.